The number of amidine groups is 1. The number of ketones is 1. The average Bonchev–Trinajstić information content (AvgIpc) is 2.62. The third-order valence-electron chi connectivity index (χ3n) is 4.46. The Morgan fingerprint density at radius 2 is 2.16 bits per heavy atom. The van der Waals surface area contributed by atoms with E-state index in [0.717, 1.165) is 35.4 Å². The van der Waals surface area contributed by atoms with E-state index in [9.17, 15) is 4.79 Å². The van der Waals surface area contributed by atoms with Gasteiger partial charge in [0.25, 0.3) is 0 Å². The van der Waals surface area contributed by atoms with Crippen LogP contribution in [0.2, 0.25) is 0 Å². The van der Waals surface area contributed by atoms with Crippen molar-refractivity contribution in [2.45, 2.75) is 38.6 Å². The quantitative estimate of drug-likeness (QED) is 0.834. The van der Waals surface area contributed by atoms with E-state index in [1.165, 1.54) is 0 Å². The largest absolute Gasteiger partial charge is 0.379 e. The van der Waals surface area contributed by atoms with Gasteiger partial charge in [0.1, 0.15) is 5.69 Å². The highest BCUT2D eigenvalue weighted by atomic mass is 32.2. The predicted molar refractivity (Wildman–Crippen MR) is 102 cm³/mol. The van der Waals surface area contributed by atoms with Crippen LogP contribution < -0.4 is 5.73 Å². The first-order chi connectivity index (χ1) is 12.0. The Kier molecular flexibility index (Phi) is 5.18. The van der Waals surface area contributed by atoms with Crippen molar-refractivity contribution < 1.29 is 4.79 Å². The van der Waals surface area contributed by atoms with Crippen molar-refractivity contribution in [1.29, 1.82) is 0 Å². The molecule has 2 N–H and O–H groups in total. The van der Waals surface area contributed by atoms with Crippen LogP contribution in [-0.2, 0) is 18.4 Å². The summed E-state index contributed by atoms with van der Waals surface area (Å²) in [5.74, 6) is 0.925. The van der Waals surface area contributed by atoms with Gasteiger partial charge in [-0.25, -0.2) is 4.98 Å². The lowest BCUT2D eigenvalue weighted by Crippen LogP contribution is -2.28. The highest BCUT2D eigenvalue weighted by Crippen LogP contribution is 2.35. The van der Waals surface area contributed by atoms with Gasteiger partial charge in [0.2, 0.25) is 0 Å². The molecule has 2 aromatic rings. The number of aliphatic imine (C=N–C) groups is 1. The molecule has 1 aromatic carbocycles. The van der Waals surface area contributed by atoms with Crippen LogP contribution in [0.5, 0.6) is 0 Å². The second-order valence-electron chi connectivity index (χ2n) is 6.37. The molecular weight excluding hydrogens is 332 g/mol. The van der Waals surface area contributed by atoms with Crippen LogP contribution in [0.1, 0.15) is 47.6 Å². The minimum absolute atomic E-state index is 0.0281. The summed E-state index contributed by atoms with van der Waals surface area (Å²) >= 11 is 1.59. The Morgan fingerprint density at radius 3 is 2.84 bits per heavy atom. The van der Waals surface area contributed by atoms with Gasteiger partial charge in [0.05, 0.1) is 17.4 Å². The first-order valence-corrected chi connectivity index (χ1v) is 9.40. The molecule has 0 saturated carbocycles. The summed E-state index contributed by atoms with van der Waals surface area (Å²) in [5.41, 5.74) is 8.93. The van der Waals surface area contributed by atoms with Crippen LogP contribution in [0.15, 0.2) is 41.7 Å². The van der Waals surface area contributed by atoms with E-state index in [1.54, 1.807) is 24.2 Å². The molecule has 5 nitrogen and oxygen atoms in total. The number of thioether (sulfide) groups is 1. The molecule has 0 radical (unpaired) electrons. The zero-order valence-electron chi connectivity index (χ0n) is 14.5. The lowest BCUT2D eigenvalue weighted by molar-refractivity contribution is 0.0987. The van der Waals surface area contributed by atoms with Gasteiger partial charge in [-0.1, -0.05) is 43.0 Å². The van der Waals surface area contributed by atoms with Crippen molar-refractivity contribution in [2.75, 3.05) is 5.75 Å². The fraction of sp³-hybridized carbons (Fsp3) is 0.368. The van der Waals surface area contributed by atoms with Crippen molar-refractivity contribution in [3.8, 4) is 0 Å². The maximum absolute atomic E-state index is 12.5. The highest BCUT2D eigenvalue weighted by molar-refractivity contribution is 8.13. The molecule has 1 aliphatic rings. The standard InChI is InChI=1S/C19H22N4OS/c1-3-15-11-22-16(12-21-15)17(24)10-13-5-4-6-14(9-13)19(2)7-8-25-18(20)23-19/h4-6,9,11-12H,3,7-8,10H2,1-2H3,(H2,20,23)/t19-/m0/s1. The second-order valence-corrected chi connectivity index (χ2v) is 7.48. The SMILES string of the molecule is CCc1cnc(C(=O)Cc2cccc([C@]3(C)CCSC(N)=N3)c2)cn1. The molecule has 0 bridgehead atoms. The molecule has 0 unspecified atom stereocenters. The van der Waals surface area contributed by atoms with Gasteiger partial charge in [0, 0.05) is 18.4 Å². The third-order valence-corrected chi connectivity index (χ3v) is 5.26. The molecule has 2 heterocycles. The van der Waals surface area contributed by atoms with E-state index < -0.39 is 0 Å². The fourth-order valence-electron chi connectivity index (χ4n) is 2.87. The number of carbonyl (C=O) groups excluding carboxylic acids is 1. The zero-order chi connectivity index (χ0) is 17.9. The molecule has 1 aliphatic heterocycles. The Morgan fingerprint density at radius 1 is 1.32 bits per heavy atom. The number of aryl methyl sites for hydroxylation is 1. The molecule has 0 fully saturated rings. The molecule has 1 aromatic heterocycles. The van der Waals surface area contributed by atoms with Gasteiger partial charge >= 0.3 is 0 Å². The Balaban J connectivity index is 1.79. The van der Waals surface area contributed by atoms with Gasteiger partial charge in [-0.3, -0.25) is 14.8 Å². The summed E-state index contributed by atoms with van der Waals surface area (Å²) in [5, 5.41) is 0.626. The second kappa shape index (κ2) is 7.35. The number of carbonyl (C=O) groups is 1. The van der Waals surface area contributed by atoms with Crippen LogP contribution in [0, 0.1) is 0 Å². The van der Waals surface area contributed by atoms with E-state index in [1.807, 2.05) is 19.1 Å². The van der Waals surface area contributed by atoms with Gasteiger partial charge in [-0.05, 0) is 30.9 Å². The van der Waals surface area contributed by atoms with Crippen molar-refractivity contribution >= 4 is 22.7 Å². The highest BCUT2D eigenvalue weighted by Gasteiger charge is 2.29. The molecule has 1 atom stereocenters. The summed E-state index contributed by atoms with van der Waals surface area (Å²) in [4.78, 5) is 25.6. The number of nitrogens with two attached hydrogens (primary N) is 1. The topological polar surface area (TPSA) is 81.2 Å². The maximum atomic E-state index is 12.5. The molecule has 0 aliphatic carbocycles. The lowest BCUT2D eigenvalue weighted by atomic mass is 9.88. The Bertz CT molecular complexity index is 803. The van der Waals surface area contributed by atoms with E-state index in [4.69, 9.17) is 5.73 Å². The summed E-state index contributed by atoms with van der Waals surface area (Å²) in [6.07, 6.45) is 5.28. The van der Waals surface area contributed by atoms with Crippen LogP contribution in [-0.4, -0.2) is 26.7 Å². The minimum Gasteiger partial charge on any atom is -0.379 e. The van der Waals surface area contributed by atoms with Gasteiger partial charge < -0.3 is 5.73 Å². The molecular formula is C19H22N4OS. The number of hydrogen-bond donors (Lipinski definition) is 1. The molecule has 25 heavy (non-hydrogen) atoms. The molecule has 0 spiro atoms. The van der Waals surface area contributed by atoms with Crippen molar-refractivity contribution in [2.24, 2.45) is 10.7 Å². The molecule has 6 heteroatoms. The molecule has 0 amide bonds. The monoisotopic (exact) mass is 354 g/mol. The first-order valence-electron chi connectivity index (χ1n) is 8.42. The van der Waals surface area contributed by atoms with Gasteiger partial charge in [-0.2, -0.15) is 0 Å². The molecule has 130 valence electrons. The minimum atomic E-state index is -0.322. The Hall–Kier alpha value is -2.21. The molecule has 0 saturated heterocycles. The molecule has 3 rings (SSSR count). The zero-order valence-corrected chi connectivity index (χ0v) is 15.3. The van der Waals surface area contributed by atoms with Crippen LogP contribution in [0.3, 0.4) is 0 Å². The van der Waals surface area contributed by atoms with Crippen molar-refractivity contribution in [1.82, 2.24) is 9.97 Å². The van der Waals surface area contributed by atoms with E-state index in [0.29, 0.717) is 17.3 Å². The lowest BCUT2D eigenvalue weighted by Gasteiger charge is -2.30. The Labute approximate surface area is 152 Å². The predicted octanol–water partition coefficient (Wildman–Crippen LogP) is 3.13. The summed E-state index contributed by atoms with van der Waals surface area (Å²) < 4.78 is 0. The van der Waals surface area contributed by atoms with Crippen LogP contribution in [0.4, 0.5) is 0 Å². The summed E-state index contributed by atoms with van der Waals surface area (Å²) in [6.45, 7) is 4.10. The number of hydrogen-bond acceptors (Lipinski definition) is 6. The number of aromatic nitrogens is 2. The third kappa shape index (κ3) is 4.07. The number of benzene rings is 1. The van der Waals surface area contributed by atoms with E-state index >= 15 is 0 Å². The van der Waals surface area contributed by atoms with Gasteiger partial charge in [0.15, 0.2) is 11.0 Å². The maximum Gasteiger partial charge on any atom is 0.187 e. The number of rotatable bonds is 5. The normalized spacial score (nSPS) is 20.2. The smallest absolute Gasteiger partial charge is 0.187 e. The fourth-order valence-corrected chi connectivity index (χ4v) is 3.84. The summed E-state index contributed by atoms with van der Waals surface area (Å²) in [6, 6.07) is 8.04. The van der Waals surface area contributed by atoms with Crippen LogP contribution >= 0.6 is 11.8 Å². The van der Waals surface area contributed by atoms with Crippen molar-refractivity contribution in [3.63, 3.8) is 0 Å². The average molecular weight is 354 g/mol. The summed E-state index contributed by atoms with van der Waals surface area (Å²) in [7, 11) is 0. The van der Waals surface area contributed by atoms with Gasteiger partial charge in [-0.15, -0.1) is 0 Å². The van der Waals surface area contributed by atoms with Crippen molar-refractivity contribution in [3.05, 3.63) is 59.2 Å². The first kappa shape index (κ1) is 17.6. The van der Waals surface area contributed by atoms with E-state index in [-0.39, 0.29) is 11.3 Å². The number of Topliss-reactive ketones (excluding diaryl/α,β-unsaturated/α-hetero) is 1. The van der Waals surface area contributed by atoms with Crippen LogP contribution in [0.25, 0.3) is 0 Å². The van der Waals surface area contributed by atoms with E-state index in [2.05, 4.69) is 34.0 Å². The number of nitrogens with zero attached hydrogens (tertiary/aromatic N) is 3.